The van der Waals surface area contributed by atoms with E-state index in [1.165, 1.54) is 0 Å². The average molecular weight is 219 g/mol. The number of aliphatic hydroxyl groups is 1. The van der Waals surface area contributed by atoms with Gasteiger partial charge < -0.3 is 10.2 Å². The molecular formula is C11H13N3O2. The minimum atomic E-state index is -0.449. The highest BCUT2D eigenvalue weighted by atomic mass is 16.3. The van der Waals surface area contributed by atoms with Crippen molar-refractivity contribution in [3.63, 3.8) is 0 Å². The summed E-state index contributed by atoms with van der Waals surface area (Å²) in [5.41, 5.74) is 1.54. The molecule has 0 radical (unpaired) electrons. The molecule has 1 unspecified atom stereocenters. The summed E-state index contributed by atoms with van der Waals surface area (Å²) in [6, 6.07) is 6.74. The van der Waals surface area contributed by atoms with Gasteiger partial charge in [0.05, 0.1) is 23.7 Å². The molecule has 0 saturated heterocycles. The van der Waals surface area contributed by atoms with Gasteiger partial charge in [-0.2, -0.15) is 0 Å². The predicted octanol–water partition coefficient (Wildman–Crippen LogP) is 0.896. The zero-order chi connectivity index (χ0) is 11.5. The molecule has 0 spiro atoms. The monoisotopic (exact) mass is 219 g/mol. The summed E-state index contributed by atoms with van der Waals surface area (Å²) in [6.45, 7) is 1.71. The van der Waals surface area contributed by atoms with Crippen molar-refractivity contribution in [3.8, 4) is 11.4 Å². The lowest BCUT2D eigenvalue weighted by molar-refractivity contribution is 0.193. The van der Waals surface area contributed by atoms with Crippen LogP contribution in [0.15, 0.2) is 30.5 Å². The Labute approximate surface area is 93.0 Å². The molecular weight excluding hydrogens is 206 g/mol. The molecule has 1 heterocycles. The van der Waals surface area contributed by atoms with Gasteiger partial charge in [0.2, 0.25) is 0 Å². The highest BCUT2D eigenvalue weighted by Gasteiger charge is 2.08. The third-order valence-corrected chi connectivity index (χ3v) is 2.20. The van der Waals surface area contributed by atoms with Crippen LogP contribution in [0.4, 0.5) is 0 Å². The van der Waals surface area contributed by atoms with E-state index < -0.39 is 6.10 Å². The maximum Gasteiger partial charge on any atom is 0.117 e. The summed E-state index contributed by atoms with van der Waals surface area (Å²) in [5.74, 6) is 0.177. The molecule has 0 aliphatic rings. The van der Waals surface area contributed by atoms with Crippen molar-refractivity contribution >= 4 is 0 Å². The lowest BCUT2D eigenvalue weighted by Gasteiger charge is -2.07. The molecule has 1 aromatic heterocycles. The highest BCUT2D eigenvalue weighted by Crippen LogP contribution is 2.16. The maximum atomic E-state index is 9.37. The van der Waals surface area contributed by atoms with Crippen LogP contribution in [0, 0.1) is 0 Å². The van der Waals surface area contributed by atoms with Crippen molar-refractivity contribution in [2.75, 3.05) is 0 Å². The van der Waals surface area contributed by atoms with Crippen LogP contribution in [0.3, 0.4) is 0 Å². The van der Waals surface area contributed by atoms with Gasteiger partial charge in [-0.25, -0.2) is 4.68 Å². The van der Waals surface area contributed by atoms with Gasteiger partial charge in [0.15, 0.2) is 0 Å². The van der Waals surface area contributed by atoms with Crippen LogP contribution in [0.5, 0.6) is 5.75 Å². The minimum absolute atomic E-state index is 0.177. The van der Waals surface area contributed by atoms with E-state index in [9.17, 15) is 10.2 Å². The van der Waals surface area contributed by atoms with Crippen molar-refractivity contribution in [1.29, 1.82) is 0 Å². The van der Waals surface area contributed by atoms with Crippen LogP contribution in [0.2, 0.25) is 0 Å². The topological polar surface area (TPSA) is 71.2 Å². The Bertz CT molecular complexity index is 480. The standard InChI is InChI=1S/C11H13N3O2/c1-8(15)5-10-7-12-13-14(10)9-3-2-4-11(16)6-9/h2-4,6-8,15-16H,5H2,1H3. The summed E-state index contributed by atoms with van der Waals surface area (Å²) in [5, 5.41) is 26.4. The molecule has 84 valence electrons. The van der Waals surface area contributed by atoms with Crippen molar-refractivity contribution < 1.29 is 10.2 Å². The van der Waals surface area contributed by atoms with E-state index in [-0.39, 0.29) is 5.75 Å². The van der Waals surface area contributed by atoms with E-state index in [0.717, 1.165) is 11.4 Å². The summed E-state index contributed by atoms with van der Waals surface area (Å²) in [4.78, 5) is 0. The predicted molar refractivity (Wildman–Crippen MR) is 58.4 cm³/mol. The Morgan fingerprint density at radius 1 is 1.44 bits per heavy atom. The smallest absolute Gasteiger partial charge is 0.117 e. The van der Waals surface area contributed by atoms with Crippen molar-refractivity contribution in [1.82, 2.24) is 15.0 Å². The molecule has 2 rings (SSSR count). The van der Waals surface area contributed by atoms with Crippen LogP contribution in [-0.4, -0.2) is 31.3 Å². The second kappa shape index (κ2) is 4.32. The number of benzene rings is 1. The summed E-state index contributed by atoms with van der Waals surface area (Å²) in [6.07, 6.45) is 1.63. The molecule has 0 aliphatic carbocycles. The molecule has 2 N–H and O–H groups in total. The fourth-order valence-electron chi connectivity index (χ4n) is 1.54. The molecule has 0 bridgehead atoms. The van der Waals surface area contributed by atoms with E-state index in [1.54, 1.807) is 36.0 Å². The number of hydrogen-bond donors (Lipinski definition) is 2. The number of nitrogens with zero attached hydrogens (tertiary/aromatic N) is 3. The zero-order valence-corrected chi connectivity index (χ0v) is 8.91. The molecule has 2 aromatic rings. The third-order valence-electron chi connectivity index (χ3n) is 2.20. The SMILES string of the molecule is CC(O)Cc1cnnn1-c1cccc(O)c1. The normalized spacial score (nSPS) is 12.6. The fraction of sp³-hybridized carbons (Fsp3) is 0.273. The van der Waals surface area contributed by atoms with Gasteiger partial charge in [-0.3, -0.25) is 0 Å². The van der Waals surface area contributed by atoms with Crippen LogP contribution in [0.1, 0.15) is 12.6 Å². The first-order valence-electron chi connectivity index (χ1n) is 5.04. The molecule has 1 aromatic carbocycles. The number of aromatic hydroxyl groups is 1. The van der Waals surface area contributed by atoms with Gasteiger partial charge in [-0.1, -0.05) is 11.3 Å². The maximum absolute atomic E-state index is 9.37. The molecule has 0 saturated carbocycles. The Kier molecular flexibility index (Phi) is 2.87. The lowest BCUT2D eigenvalue weighted by Crippen LogP contribution is -2.10. The van der Waals surface area contributed by atoms with Crippen molar-refractivity contribution in [2.45, 2.75) is 19.4 Å². The van der Waals surface area contributed by atoms with Crippen molar-refractivity contribution in [3.05, 3.63) is 36.2 Å². The highest BCUT2D eigenvalue weighted by molar-refractivity contribution is 5.38. The summed E-state index contributed by atoms with van der Waals surface area (Å²) >= 11 is 0. The molecule has 0 fully saturated rings. The van der Waals surface area contributed by atoms with E-state index in [4.69, 9.17) is 0 Å². The molecule has 5 heteroatoms. The van der Waals surface area contributed by atoms with E-state index in [1.807, 2.05) is 6.07 Å². The average Bonchev–Trinajstić information content (AvgIpc) is 2.65. The summed E-state index contributed by atoms with van der Waals surface area (Å²) in [7, 11) is 0. The molecule has 16 heavy (non-hydrogen) atoms. The van der Waals surface area contributed by atoms with Gasteiger partial charge in [0.1, 0.15) is 5.75 Å². The number of rotatable bonds is 3. The van der Waals surface area contributed by atoms with Crippen LogP contribution in [-0.2, 0) is 6.42 Å². The van der Waals surface area contributed by atoms with E-state index in [2.05, 4.69) is 10.3 Å². The molecule has 1 atom stereocenters. The second-order valence-corrected chi connectivity index (χ2v) is 3.71. The Hall–Kier alpha value is -1.88. The summed E-state index contributed by atoms with van der Waals surface area (Å²) < 4.78 is 1.60. The largest absolute Gasteiger partial charge is 0.508 e. The number of hydrogen-bond acceptors (Lipinski definition) is 4. The van der Waals surface area contributed by atoms with Crippen molar-refractivity contribution in [2.24, 2.45) is 0 Å². The third kappa shape index (κ3) is 2.20. The van der Waals surface area contributed by atoms with Gasteiger partial charge in [-0.15, -0.1) is 5.10 Å². The van der Waals surface area contributed by atoms with E-state index >= 15 is 0 Å². The molecule has 0 amide bonds. The van der Waals surface area contributed by atoms with Crippen LogP contribution >= 0.6 is 0 Å². The first-order chi connectivity index (χ1) is 7.66. The number of phenolic OH excluding ortho intramolecular Hbond substituents is 1. The van der Waals surface area contributed by atoms with Gasteiger partial charge >= 0.3 is 0 Å². The van der Waals surface area contributed by atoms with E-state index in [0.29, 0.717) is 6.42 Å². The van der Waals surface area contributed by atoms with Gasteiger partial charge in [0.25, 0.3) is 0 Å². The molecule has 0 aliphatic heterocycles. The quantitative estimate of drug-likeness (QED) is 0.804. The lowest BCUT2D eigenvalue weighted by atomic mass is 10.2. The van der Waals surface area contributed by atoms with Crippen LogP contribution < -0.4 is 0 Å². The Morgan fingerprint density at radius 3 is 2.94 bits per heavy atom. The second-order valence-electron chi connectivity index (χ2n) is 3.71. The van der Waals surface area contributed by atoms with Gasteiger partial charge in [-0.05, 0) is 19.1 Å². The van der Waals surface area contributed by atoms with Crippen LogP contribution in [0.25, 0.3) is 5.69 Å². The number of aliphatic hydroxyl groups excluding tert-OH is 1. The number of phenols is 1. The fourth-order valence-corrected chi connectivity index (χ4v) is 1.54. The first-order valence-corrected chi connectivity index (χ1v) is 5.04. The number of aromatic nitrogens is 3. The van der Waals surface area contributed by atoms with Gasteiger partial charge in [0, 0.05) is 12.5 Å². The Balaban J connectivity index is 2.37. The zero-order valence-electron chi connectivity index (χ0n) is 8.91. The molecule has 5 nitrogen and oxygen atoms in total. The minimum Gasteiger partial charge on any atom is -0.508 e. The first kappa shape index (κ1) is 10.6. The Morgan fingerprint density at radius 2 is 2.25 bits per heavy atom.